The fourth-order valence-electron chi connectivity index (χ4n) is 1.69. The summed E-state index contributed by atoms with van der Waals surface area (Å²) in [6, 6.07) is 10.1. The Labute approximate surface area is 95.8 Å². The van der Waals surface area contributed by atoms with Crippen LogP contribution in [0, 0.1) is 0 Å². The van der Waals surface area contributed by atoms with Gasteiger partial charge in [-0.2, -0.15) is 0 Å². The summed E-state index contributed by atoms with van der Waals surface area (Å²) >= 11 is 0. The molecule has 1 aromatic rings. The summed E-state index contributed by atoms with van der Waals surface area (Å²) in [6.45, 7) is 5.27. The van der Waals surface area contributed by atoms with Crippen molar-refractivity contribution in [2.45, 2.75) is 12.5 Å². The summed E-state index contributed by atoms with van der Waals surface area (Å²) in [5.74, 6) is 0. The molecule has 84 valence electrons. The quantitative estimate of drug-likeness (QED) is 0.603. The van der Waals surface area contributed by atoms with Gasteiger partial charge in [-0.05, 0) is 5.56 Å². The van der Waals surface area contributed by atoms with Crippen LogP contribution in [0.2, 0.25) is 0 Å². The van der Waals surface area contributed by atoms with Gasteiger partial charge in [-0.3, -0.25) is 0 Å². The van der Waals surface area contributed by atoms with Crippen LogP contribution in [0.5, 0.6) is 0 Å². The minimum atomic E-state index is 0.148. The molecule has 0 radical (unpaired) electrons. The van der Waals surface area contributed by atoms with Crippen molar-refractivity contribution < 1.29 is 4.84 Å². The van der Waals surface area contributed by atoms with Gasteiger partial charge < -0.3 is 10.2 Å². The van der Waals surface area contributed by atoms with Crippen molar-refractivity contribution in [2.75, 3.05) is 13.1 Å². The molecule has 1 aliphatic rings. The van der Waals surface area contributed by atoms with Crippen molar-refractivity contribution in [2.24, 2.45) is 5.16 Å². The molecule has 0 aromatic heterocycles. The minimum Gasteiger partial charge on any atom is -0.390 e. The van der Waals surface area contributed by atoms with E-state index in [1.54, 1.807) is 0 Å². The molecule has 2 rings (SSSR count). The zero-order chi connectivity index (χ0) is 11.2. The van der Waals surface area contributed by atoms with Crippen LogP contribution in [0.25, 0.3) is 0 Å². The maximum atomic E-state index is 5.36. The Bertz CT molecular complexity index is 373. The standard InChI is InChI=1S/C13H16N2O/c1-2-8-14-10-12-9-13(15-16-12)11-6-4-3-5-7-11/h2-7,12,14H,1,8-10H2/t12-/m0/s1. The fourth-order valence-corrected chi connectivity index (χ4v) is 1.69. The van der Waals surface area contributed by atoms with E-state index in [2.05, 4.69) is 29.2 Å². The Morgan fingerprint density at radius 1 is 1.44 bits per heavy atom. The zero-order valence-electron chi connectivity index (χ0n) is 9.23. The average molecular weight is 216 g/mol. The Hall–Kier alpha value is -1.61. The van der Waals surface area contributed by atoms with Gasteiger partial charge in [0.15, 0.2) is 0 Å². The molecule has 1 aliphatic heterocycles. The summed E-state index contributed by atoms with van der Waals surface area (Å²) in [5.41, 5.74) is 2.18. The maximum Gasteiger partial charge on any atom is 0.145 e. The average Bonchev–Trinajstić information content (AvgIpc) is 2.79. The van der Waals surface area contributed by atoms with Crippen molar-refractivity contribution in [1.29, 1.82) is 0 Å². The molecule has 3 heteroatoms. The van der Waals surface area contributed by atoms with Crippen molar-refractivity contribution in [3.63, 3.8) is 0 Å². The van der Waals surface area contributed by atoms with E-state index in [1.807, 2.05) is 24.3 Å². The monoisotopic (exact) mass is 216 g/mol. The second-order valence-electron chi connectivity index (χ2n) is 3.78. The summed E-state index contributed by atoms with van der Waals surface area (Å²) in [4.78, 5) is 5.36. The first-order valence-corrected chi connectivity index (χ1v) is 5.50. The summed E-state index contributed by atoms with van der Waals surface area (Å²) in [6.07, 6.45) is 2.86. The lowest BCUT2D eigenvalue weighted by atomic mass is 10.1. The molecular weight excluding hydrogens is 200 g/mol. The van der Waals surface area contributed by atoms with E-state index in [1.165, 1.54) is 0 Å². The Morgan fingerprint density at radius 2 is 2.25 bits per heavy atom. The van der Waals surface area contributed by atoms with E-state index >= 15 is 0 Å². The number of nitrogens with one attached hydrogen (secondary N) is 1. The molecule has 0 aliphatic carbocycles. The topological polar surface area (TPSA) is 33.6 Å². The molecule has 1 N–H and O–H groups in total. The molecule has 0 spiro atoms. The van der Waals surface area contributed by atoms with Crippen LogP contribution in [-0.4, -0.2) is 24.9 Å². The lowest BCUT2D eigenvalue weighted by Gasteiger charge is -2.07. The first-order chi connectivity index (χ1) is 7.90. The molecular formula is C13H16N2O. The van der Waals surface area contributed by atoms with Gasteiger partial charge in [-0.1, -0.05) is 41.6 Å². The normalized spacial score (nSPS) is 19.0. The molecule has 0 saturated heterocycles. The van der Waals surface area contributed by atoms with Crippen molar-refractivity contribution in [3.8, 4) is 0 Å². The summed E-state index contributed by atoms with van der Waals surface area (Å²) < 4.78 is 0. The highest BCUT2D eigenvalue weighted by molar-refractivity contribution is 6.01. The lowest BCUT2D eigenvalue weighted by Crippen LogP contribution is -2.27. The van der Waals surface area contributed by atoms with Crippen molar-refractivity contribution in [3.05, 3.63) is 48.6 Å². The highest BCUT2D eigenvalue weighted by Gasteiger charge is 2.21. The first-order valence-electron chi connectivity index (χ1n) is 5.50. The van der Waals surface area contributed by atoms with E-state index in [-0.39, 0.29) is 6.10 Å². The summed E-state index contributed by atoms with van der Waals surface area (Å²) in [7, 11) is 0. The second kappa shape index (κ2) is 5.47. The molecule has 0 amide bonds. The smallest absolute Gasteiger partial charge is 0.145 e. The van der Waals surface area contributed by atoms with Crippen LogP contribution in [0.15, 0.2) is 48.1 Å². The van der Waals surface area contributed by atoms with E-state index in [0.29, 0.717) is 0 Å². The summed E-state index contributed by atoms with van der Waals surface area (Å²) in [5, 5.41) is 7.35. The number of benzene rings is 1. The van der Waals surface area contributed by atoms with Crippen LogP contribution in [-0.2, 0) is 4.84 Å². The van der Waals surface area contributed by atoms with Crippen molar-refractivity contribution >= 4 is 5.71 Å². The molecule has 16 heavy (non-hydrogen) atoms. The largest absolute Gasteiger partial charge is 0.390 e. The fraction of sp³-hybridized carbons (Fsp3) is 0.308. The molecule has 0 bridgehead atoms. The predicted molar refractivity (Wildman–Crippen MR) is 65.5 cm³/mol. The highest BCUT2D eigenvalue weighted by atomic mass is 16.6. The van der Waals surface area contributed by atoms with Gasteiger partial charge in [0.1, 0.15) is 6.10 Å². The van der Waals surface area contributed by atoms with Gasteiger partial charge in [0.25, 0.3) is 0 Å². The van der Waals surface area contributed by atoms with Gasteiger partial charge >= 0.3 is 0 Å². The molecule has 0 saturated carbocycles. The van der Waals surface area contributed by atoms with Crippen LogP contribution in [0.1, 0.15) is 12.0 Å². The SMILES string of the molecule is C=CCNC[C@@H]1CC(c2ccccc2)=NO1. The van der Waals surface area contributed by atoms with E-state index in [9.17, 15) is 0 Å². The first kappa shape index (κ1) is 10.9. The van der Waals surface area contributed by atoms with Crippen LogP contribution in [0.3, 0.4) is 0 Å². The number of rotatable bonds is 5. The van der Waals surface area contributed by atoms with Crippen LogP contribution in [0.4, 0.5) is 0 Å². The minimum absolute atomic E-state index is 0.148. The maximum absolute atomic E-state index is 5.36. The van der Waals surface area contributed by atoms with E-state index < -0.39 is 0 Å². The third kappa shape index (κ3) is 2.70. The van der Waals surface area contributed by atoms with Crippen molar-refractivity contribution in [1.82, 2.24) is 5.32 Å². The number of hydrogen-bond donors (Lipinski definition) is 1. The molecule has 1 atom stereocenters. The molecule has 1 heterocycles. The number of hydrogen-bond acceptors (Lipinski definition) is 3. The lowest BCUT2D eigenvalue weighted by molar-refractivity contribution is 0.0859. The van der Waals surface area contributed by atoms with Gasteiger partial charge in [0.2, 0.25) is 0 Å². The Kier molecular flexibility index (Phi) is 3.72. The predicted octanol–water partition coefficient (Wildman–Crippen LogP) is 1.96. The second-order valence-corrected chi connectivity index (χ2v) is 3.78. The Balaban J connectivity index is 1.85. The third-order valence-corrected chi connectivity index (χ3v) is 2.50. The van der Waals surface area contributed by atoms with Gasteiger partial charge in [-0.25, -0.2) is 0 Å². The zero-order valence-corrected chi connectivity index (χ0v) is 9.23. The number of nitrogens with zero attached hydrogens (tertiary/aromatic N) is 1. The van der Waals surface area contributed by atoms with Gasteiger partial charge in [-0.15, -0.1) is 6.58 Å². The van der Waals surface area contributed by atoms with E-state index in [4.69, 9.17) is 4.84 Å². The van der Waals surface area contributed by atoms with Gasteiger partial charge in [0, 0.05) is 19.5 Å². The Morgan fingerprint density at radius 3 is 3.00 bits per heavy atom. The van der Waals surface area contributed by atoms with E-state index in [0.717, 1.165) is 30.8 Å². The molecule has 1 aromatic carbocycles. The number of oxime groups is 1. The molecule has 3 nitrogen and oxygen atoms in total. The third-order valence-electron chi connectivity index (χ3n) is 2.50. The van der Waals surface area contributed by atoms with Gasteiger partial charge in [0.05, 0.1) is 5.71 Å². The molecule has 0 fully saturated rings. The van der Waals surface area contributed by atoms with Crippen LogP contribution < -0.4 is 5.32 Å². The molecule has 0 unspecified atom stereocenters. The van der Waals surface area contributed by atoms with Crippen LogP contribution >= 0.6 is 0 Å². The highest BCUT2D eigenvalue weighted by Crippen LogP contribution is 2.15.